The third-order valence-electron chi connectivity index (χ3n) is 1.75. The lowest BCUT2D eigenvalue weighted by molar-refractivity contribution is 0.0697. The molecular weight excluding hydrogens is 293 g/mol. The number of hydrogen-bond donors (Lipinski definition) is 2. The Bertz CT molecular complexity index is 514. The highest BCUT2D eigenvalue weighted by Crippen LogP contribution is 3.02. The third kappa shape index (κ3) is 2.91. The van der Waals surface area contributed by atoms with Gasteiger partial charge < -0.3 is 10.8 Å². The first kappa shape index (κ1) is 13.8. The Labute approximate surface area is 96.7 Å². The molecule has 0 unspecified atom stereocenters. The van der Waals surface area contributed by atoms with Gasteiger partial charge in [-0.1, -0.05) is 31.0 Å². The number of anilines is 1. The second-order valence-corrected chi connectivity index (χ2v) is 5.94. The van der Waals surface area contributed by atoms with Gasteiger partial charge in [0.1, 0.15) is 4.90 Å². The molecule has 3 N–H and O–H groups in total. The van der Waals surface area contributed by atoms with Crippen LogP contribution in [0.2, 0.25) is 5.02 Å². The van der Waals surface area contributed by atoms with E-state index in [0.29, 0.717) is 0 Å². The Hall–Kier alpha value is -1.22. The van der Waals surface area contributed by atoms with Gasteiger partial charge in [0.2, 0.25) is 0 Å². The zero-order valence-electron chi connectivity index (χ0n) is 7.76. The van der Waals surface area contributed by atoms with E-state index in [1.54, 1.807) is 0 Å². The van der Waals surface area contributed by atoms with Gasteiger partial charge in [0.15, 0.2) is 0 Å². The normalized spacial score (nSPS) is 16.1. The van der Waals surface area contributed by atoms with Gasteiger partial charge in [-0.2, -0.15) is 0 Å². The molecule has 17 heavy (non-hydrogen) atoms. The average Bonchev–Trinajstić information content (AvgIpc) is 2.04. The van der Waals surface area contributed by atoms with Crippen LogP contribution in [0.1, 0.15) is 10.4 Å². The van der Waals surface area contributed by atoms with Gasteiger partial charge in [-0.15, -0.1) is 0 Å². The van der Waals surface area contributed by atoms with Gasteiger partial charge in [-0.05, 0) is 12.1 Å². The summed E-state index contributed by atoms with van der Waals surface area (Å²) in [4.78, 5) is 8.14. The van der Waals surface area contributed by atoms with Crippen LogP contribution in [0.4, 0.5) is 25.1 Å². The molecule has 0 radical (unpaired) electrons. The molecule has 0 saturated carbocycles. The van der Waals surface area contributed by atoms with Crippen LogP contribution in [0.15, 0.2) is 17.0 Å². The highest BCUT2D eigenvalue weighted by Gasteiger charge is 2.65. The number of nitrogen functional groups attached to an aromatic ring is 1. The molecule has 10 heteroatoms. The minimum Gasteiger partial charge on any atom is -0.478 e. The SMILES string of the molecule is Nc1cc(S(F)(F)(F)(F)F)cc(C(=O)O)c1Cl. The largest absolute Gasteiger partial charge is 0.478 e. The summed E-state index contributed by atoms with van der Waals surface area (Å²) >= 11 is 5.30. The molecule has 1 aromatic carbocycles. The lowest BCUT2D eigenvalue weighted by Gasteiger charge is -2.40. The lowest BCUT2D eigenvalue weighted by atomic mass is 10.2. The van der Waals surface area contributed by atoms with Crippen molar-refractivity contribution >= 4 is 33.5 Å². The van der Waals surface area contributed by atoms with Gasteiger partial charge in [0.25, 0.3) is 0 Å². The van der Waals surface area contributed by atoms with Crippen LogP contribution in [0, 0.1) is 0 Å². The Morgan fingerprint density at radius 3 is 2.06 bits per heavy atom. The molecule has 0 heterocycles. The first-order valence-corrected chi connectivity index (χ1v) is 6.11. The number of halogens is 6. The quantitative estimate of drug-likeness (QED) is 0.632. The second kappa shape index (κ2) is 2.96. The topological polar surface area (TPSA) is 63.3 Å². The number of hydrogen-bond acceptors (Lipinski definition) is 2. The van der Waals surface area contributed by atoms with Crippen molar-refractivity contribution in [1.82, 2.24) is 0 Å². The molecule has 0 spiro atoms. The van der Waals surface area contributed by atoms with E-state index < -0.39 is 37.4 Å². The summed E-state index contributed by atoms with van der Waals surface area (Å²) in [6, 6.07) is -0.321. The number of carbonyl (C=O) groups is 1. The molecule has 3 nitrogen and oxygen atoms in total. The molecule has 0 saturated heterocycles. The molecule has 0 aromatic heterocycles. The summed E-state index contributed by atoms with van der Waals surface area (Å²) in [5.74, 6) is -1.88. The molecule has 0 aliphatic heterocycles. The minimum absolute atomic E-state index is 0.0870. The van der Waals surface area contributed by atoms with Crippen LogP contribution in [-0.4, -0.2) is 11.1 Å². The van der Waals surface area contributed by atoms with E-state index in [9.17, 15) is 24.2 Å². The van der Waals surface area contributed by atoms with Crippen molar-refractivity contribution in [2.75, 3.05) is 5.73 Å². The van der Waals surface area contributed by atoms with Crippen molar-refractivity contribution in [1.29, 1.82) is 0 Å². The van der Waals surface area contributed by atoms with E-state index in [1.807, 2.05) is 0 Å². The standard InChI is InChI=1S/C7H5ClF5NO2S/c8-6-4(7(15)16)1-3(2-5(6)14)17(9,10,11,12)13/h1-2H,14H2,(H,15,16). The molecule has 1 rings (SSSR count). The van der Waals surface area contributed by atoms with E-state index in [-0.39, 0.29) is 12.1 Å². The predicted octanol–water partition coefficient (Wildman–Crippen LogP) is 4.28. The highest BCUT2D eigenvalue weighted by atomic mass is 35.5. The van der Waals surface area contributed by atoms with Crippen LogP contribution >= 0.6 is 21.8 Å². The first-order valence-electron chi connectivity index (χ1n) is 3.79. The molecule has 0 aliphatic rings. The summed E-state index contributed by atoms with van der Waals surface area (Å²) in [6.07, 6.45) is 0. The van der Waals surface area contributed by atoms with Gasteiger partial charge in [-0.25, -0.2) is 4.79 Å². The van der Waals surface area contributed by atoms with Crippen LogP contribution in [0.3, 0.4) is 0 Å². The second-order valence-electron chi connectivity index (χ2n) is 3.15. The molecular formula is C7H5ClF5NO2S. The summed E-state index contributed by atoms with van der Waals surface area (Å²) in [5, 5.41) is 7.79. The number of carboxylic acid groups (broad SMARTS) is 1. The molecule has 0 aliphatic carbocycles. The maximum absolute atomic E-state index is 12.4. The summed E-state index contributed by atoms with van der Waals surface area (Å²) < 4.78 is 62.1. The monoisotopic (exact) mass is 297 g/mol. The van der Waals surface area contributed by atoms with E-state index >= 15 is 0 Å². The van der Waals surface area contributed by atoms with Crippen molar-refractivity contribution in [2.24, 2.45) is 0 Å². The molecule has 0 atom stereocenters. The average molecular weight is 298 g/mol. The number of aromatic carboxylic acids is 1. The van der Waals surface area contributed by atoms with Gasteiger partial charge in [-0.3, -0.25) is 0 Å². The number of rotatable bonds is 2. The summed E-state index contributed by atoms with van der Waals surface area (Å²) in [7, 11) is -9.97. The zero-order valence-corrected chi connectivity index (χ0v) is 9.34. The maximum Gasteiger partial charge on any atom is 0.337 e. The molecule has 98 valence electrons. The predicted molar refractivity (Wildman–Crippen MR) is 54.2 cm³/mol. The van der Waals surface area contributed by atoms with Crippen molar-refractivity contribution in [3.05, 3.63) is 22.7 Å². The maximum atomic E-state index is 12.4. The van der Waals surface area contributed by atoms with Crippen LogP contribution in [-0.2, 0) is 0 Å². The van der Waals surface area contributed by atoms with Crippen molar-refractivity contribution in [2.45, 2.75) is 4.90 Å². The lowest BCUT2D eigenvalue weighted by Crippen LogP contribution is -2.10. The Morgan fingerprint density at radius 1 is 1.24 bits per heavy atom. The number of benzene rings is 1. The number of nitrogens with two attached hydrogens (primary N) is 1. The van der Waals surface area contributed by atoms with Gasteiger partial charge in [0, 0.05) is 0 Å². The summed E-state index contributed by atoms with van der Waals surface area (Å²) in [6.45, 7) is 0. The van der Waals surface area contributed by atoms with Crippen molar-refractivity contribution in [3.63, 3.8) is 0 Å². The van der Waals surface area contributed by atoms with Crippen LogP contribution < -0.4 is 5.73 Å². The third-order valence-corrected chi connectivity index (χ3v) is 3.30. The smallest absolute Gasteiger partial charge is 0.337 e. The zero-order chi connectivity index (χ0) is 13.7. The minimum atomic E-state index is -9.97. The van der Waals surface area contributed by atoms with Crippen molar-refractivity contribution < 1.29 is 29.3 Å². The molecule has 0 amide bonds. The van der Waals surface area contributed by atoms with Crippen molar-refractivity contribution in [3.8, 4) is 0 Å². The Morgan fingerprint density at radius 2 is 1.71 bits per heavy atom. The van der Waals surface area contributed by atoms with Crippen LogP contribution in [0.5, 0.6) is 0 Å². The fourth-order valence-corrected chi connectivity index (χ4v) is 1.88. The molecule has 1 aromatic rings. The fraction of sp³-hybridized carbons (Fsp3) is 0. The first-order chi connectivity index (χ1) is 7.22. The number of carboxylic acids is 1. The van der Waals surface area contributed by atoms with E-state index in [4.69, 9.17) is 22.4 Å². The van der Waals surface area contributed by atoms with Crippen LogP contribution in [0.25, 0.3) is 0 Å². The van der Waals surface area contributed by atoms with Gasteiger partial charge >= 0.3 is 16.2 Å². The fourth-order valence-electron chi connectivity index (χ4n) is 0.998. The molecule has 0 fully saturated rings. The molecule has 0 bridgehead atoms. The Balaban J connectivity index is 3.68. The van der Waals surface area contributed by atoms with E-state index in [1.165, 1.54) is 0 Å². The Kier molecular flexibility index (Phi) is 2.41. The van der Waals surface area contributed by atoms with E-state index in [0.717, 1.165) is 0 Å². The summed E-state index contributed by atoms with van der Waals surface area (Å²) in [5.41, 5.74) is 2.95. The van der Waals surface area contributed by atoms with E-state index in [2.05, 4.69) is 0 Å². The highest BCUT2D eigenvalue weighted by molar-refractivity contribution is 8.45. The van der Waals surface area contributed by atoms with Gasteiger partial charge in [0.05, 0.1) is 16.3 Å².